The van der Waals surface area contributed by atoms with Crippen LogP contribution in [-0.4, -0.2) is 40.9 Å². The van der Waals surface area contributed by atoms with Crippen molar-refractivity contribution in [1.29, 1.82) is 0 Å². The molecule has 0 radical (unpaired) electrons. The van der Waals surface area contributed by atoms with E-state index in [-0.39, 0.29) is 0 Å². The van der Waals surface area contributed by atoms with E-state index in [1.807, 2.05) is 0 Å². The van der Waals surface area contributed by atoms with Gasteiger partial charge in [-0.1, -0.05) is 18.7 Å². The summed E-state index contributed by atoms with van der Waals surface area (Å²) < 4.78 is 10.8. The van der Waals surface area contributed by atoms with Gasteiger partial charge in [0.25, 0.3) is 0 Å². The smallest absolute Gasteiger partial charge is 0.170 e. The Morgan fingerprint density at radius 2 is 2.22 bits per heavy atom. The molecule has 0 saturated heterocycles. The summed E-state index contributed by atoms with van der Waals surface area (Å²) in [6, 6.07) is 0. The van der Waals surface area contributed by atoms with Crippen molar-refractivity contribution in [3.63, 3.8) is 0 Å². The monoisotopic (exact) mass is 289 g/mol. The molecule has 104 valence electrons. The lowest BCUT2D eigenvalue weighted by Gasteiger charge is -2.07. The highest BCUT2D eigenvalue weighted by atomic mass is 32.2. The third-order valence-corrected chi connectivity index (χ3v) is 4.09. The third kappa shape index (κ3) is 7.31. The number of ether oxygens (including phenoxy) is 1. The number of aryl methyl sites for hydroxylation is 1. The molecule has 0 bridgehead atoms. The number of hydrogen-bond acceptors (Lipinski definition) is 6. The second kappa shape index (κ2) is 9.72. The van der Waals surface area contributed by atoms with Crippen LogP contribution in [0.25, 0.3) is 0 Å². The van der Waals surface area contributed by atoms with Gasteiger partial charge in [-0.05, 0) is 38.3 Å². The SMILES string of the molecule is CCc1nsc(SCCNCCCOC(C)C)n1. The van der Waals surface area contributed by atoms with E-state index in [0.717, 1.165) is 48.5 Å². The largest absolute Gasteiger partial charge is 0.379 e. The summed E-state index contributed by atoms with van der Waals surface area (Å²) in [6.45, 7) is 9.08. The van der Waals surface area contributed by atoms with Gasteiger partial charge in [-0.2, -0.15) is 4.37 Å². The molecule has 0 aromatic carbocycles. The van der Waals surface area contributed by atoms with Gasteiger partial charge in [0.05, 0.1) is 6.10 Å². The molecule has 4 nitrogen and oxygen atoms in total. The number of thioether (sulfide) groups is 1. The Balaban J connectivity index is 1.92. The highest BCUT2D eigenvalue weighted by molar-refractivity contribution is 8.00. The molecule has 1 heterocycles. The fourth-order valence-corrected chi connectivity index (χ4v) is 2.96. The Morgan fingerprint density at radius 3 is 2.89 bits per heavy atom. The van der Waals surface area contributed by atoms with Crippen LogP contribution >= 0.6 is 23.3 Å². The summed E-state index contributed by atoms with van der Waals surface area (Å²) in [5.41, 5.74) is 0. The van der Waals surface area contributed by atoms with Gasteiger partial charge in [-0.25, -0.2) is 4.98 Å². The lowest BCUT2D eigenvalue weighted by atomic mass is 10.4. The number of aromatic nitrogens is 2. The maximum Gasteiger partial charge on any atom is 0.170 e. The summed E-state index contributed by atoms with van der Waals surface area (Å²) >= 11 is 3.28. The molecule has 1 N–H and O–H groups in total. The fraction of sp³-hybridized carbons (Fsp3) is 0.833. The second-order valence-electron chi connectivity index (χ2n) is 4.20. The van der Waals surface area contributed by atoms with Crippen LogP contribution in [0.3, 0.4) is 0 Å². The summed E-state index contributed by atoms with van der Waals surface area (Å²) in [6.07, 6.45) is 2.33. The minimum Gasteiger partial charge on any atom is -0.379 e. The zero-order valence-corrected chi connectivity index (χ0v) is 13.1. The molecule has 1 rings (SSSR count). The highest BCUT2D eigenvalue weighted by Crippen LogP contribution is 2.19. The molecule has 0 unspecified atom stereocenters. The number of hydrogen-bond donors (Lipinski definition) is 1. The van der Waals surface area contributed by atoms with Crippen molar-refractivity contribution < 1.29 is 4.74 Å². The first kappa shape index (κ1) is 15.9. The lowest BCUT2D eigenvalue weighted by molar-refractivity contribution is 0.0772. The molecular weight excluding hydrogens is 266 g/mol. The first-order chi connectivity index (χ1) is 8.72. The maximum absolute atomic E-state index is 5.47. The van der Waals surface area contributed by atoms with Crippen molar-refractivity contribution >= 4 is 23.3 Å². The van der Waals surface area contributed by atoms with Crippen molar-refractivity contribution in [2.75, 3.05) is 25.4 Å². The highest BCUT2D eigenvalue weighted by Gasteiger charge is 2.02. The van der Waals surface area contributed by atoms with Gasteiger partial charge in [0.1, 0.15) is 5.82 Å². The normalized spacial score (nSPS) is 11.3. The van der Waals surface area contributed by atoms with Crippen LogP contribution in [-0.2, 0) is 11.2 Å². The minimum absolute atomic E-state index is 0.339. The van der Waals surface area contributed by atoms with Gasteiger partial charge in [0.2, 0.25) is 0 Å². The topological polar surface area (TPSA) is 47.0 Å². The minimum atomic E-state index is 0.339. The first-order valence-corrected chi connectivity index (χ1v) is 8.26. The van der Waals surface area contributed by atoms with Crippen LogP contribution < -0.4 is 5.32 Å². The summed E-state index contributed by atoms with van der Waals surface area (Å²) in [5, 5.41) is 3.41. The van der Waals surface area contributed by atoms with E-state index in [2.05, 4.69) is 35.4 Å². The average molecular weight is 289 g/mol. The van der Waals surface area contributed by atoms with E-state index >= 15 is 0 Å². The van der Waals surface area contributed by atoms with Gasteiger partial charge in [0, 0.05) is 25.3 Å². The van der Waals surface area contributed by atoms with E-state index in [1.54, 1.807) is 11.8 Å². The molecule has 0 aliphatic rings. The van der Waals surface area contributed by atoms with Gasteiger partial charge >= 0.3 is 0 Å². The Hall–Kier alpha value is -0.170. The third-order valence-electron chi connectivity index (χ3n) is 2.22. The Labute approximate surface area is 118 Å². The van der Waals surface area contributed by atoms with Crippen molar-refractivity contribution in [3.8, 4) is 0 Å². The Kier molecular flexibility index (Phi) is 8.58. The molecule has 0 fully saturated rings. The van der Waals surface area contributed by atoms with Gasteiger partial charge in [-0.15, -0.1) is 0 Å². The van der Waals surface area contributed by atoms with Crippen LogP contribution in [0.2, 0.25) is 0 Å². The standard InChI is InChI=1S/C12H23N3OS2/c1-4-11-14-12(18-15-11)17-9-7-13-6-5-8-16-10(2)3/h10,13H,4-9H2,1-3H3. The summed E-state index contributed by atoms with van der Waals surface area (Å²) in [5.74, 6) is 2.00. The van der Waals surface area contributed by atoms with Crippen LogP contribution in [0.4, 0.5) is 0 Å². The van der Waals surface area contributed by atoms with E-state index in [4.69, 9.17) is 4.74 Å². The van der Waals surface area contributed by atoms with E-state index in [9.17, 15) is 0 Å². The summed E-state index contributed by atoms with van der Waals surface area (Å²) in [4.78, 5) is 4.42. The molecule has 0 aliphatic heterocycles. The molecule has 0 amide bonds. The van der Waals surface area contributed by atoms with Crippen LogP contribution in [0.15, 0.2) is 4.34 Å². The zero-order chi connectivity index (χ0) is 13.2. The molecular formula is C12H23N3OS2. The molecule has 0 aliphatic carbocycles. The van der Waals surface area contributed by atoms with Gasteiger partial charge in [0.15, 0.2) is 4.34 Å². The number of rotatable bonds is 10. The molecule has 0 saturated carbocycles. The Bertz CT molecular complexity index is 318. The molecule has 0 atom stereocenters. The fourth-order valence-electron chi connectivity index (χ4n) is 1.29. The Morgan fingerprint density at radius 1 is 1.39 bits per heavy atom. The first-order valence-electron chi connectivity index (χ1n) is 6.50. The van der Waals surface area contributed by atoms with Crippen molar-refractivity contribution in [3.05, 3.63) is 5.82 Å². The summed E-state index contributed by atoms with van der Waals surface area (Å²) in [7, 11) is 0. The van der Waals surface area contributed by atoms with Crippen molar-refractivity contribution in [2.24, 2.45) is 0 Å². The predicted molar refractivity (Wildman–Crippen MR) is 78.6 cm³/mol. The predicted octanol–water partition coefficient (Wildman–Crippen LogP) is 2.60. The second-order valence-corrected chi connectivity index (χ2v) is 6.30. The maximum atomic E-state index is 5.47. The van der Waals surface area contributed by atoms with Crippen LogP contribution in [0, 0.1) is 0 Å². The number of nitrogens with zero attached hydrogens (tertiary/aromatic N) is 2. The van der Waals surface area contributed by atoms with Crippen molar-refractivity contribution in [2.45, 2.75) is 44.1 Å². The molecule has 1 aromatic rings. The van der Waals surface area contributed by atoms with E-state index < -0.39 is 0 Å². The molecule has 6 heteroatoms. The number of nitrogens with one attached hydrogen (secondary N) is 1. The van der Waals surface area contributed by atoms with Crippen LogP contribution in [0.5, 0.6) is 0 Å². The molecule has 0 spiro atoms. The van der Waals surface area contributed by atoms with E-state index in [0.29, 0.717) is 6.10 Å². The van der Waals surface area contributed by atoms with Gasteiger partial charge < -0.3 is 10.1 Å². The molecule has 18 heavy (non-hydrogen) atoms. The quantitative estimate of drug-likeness (QED) is 0.530. The average Bonchev–Trinajstić information content (AvgIpc) is 2.80. The van der Waals surface area contributed by atoms with Crippen molar-refractivity contribution in [1.82, 2.24) is 14.7 Å². The zero-order valence-electron chi connectivity index (χ0n) is 11.4. The van der Waals surface area contributed by atoms with Crippen LogP contribution in [0.1, 0.15) is 33.0 Å². The lowest BCUT2D eigenvalue weighted by Crippen LogP contribution is -2.20. The van der Waals surface area contributed by atoms with Gasteiger partial charge in [-0.3, -0.25) is 0 Å². The van der Waals surface area contributed by atoms with E-state index in [1.165, 1.54) is 11.5 Å². The molecule has 1 aromatic heterocycles.